The summed E-state index contributed by atoms with van der Waals surface area (Å²) in [5.74, 6) is 0.795. The first-order valence-corrected chi connectivity index (χ1v) is 7.53. The number of urea groups is 1. The van der Waals surface area contributed by atoms with Crippen LogP contribution in [0.1, 0.15) is 24.7 Å². The molecule has 0 atom stereocenters. The summed E-state index contributed by atoms with van der Waals surface area (Å²) in [4.78, 5) is 17.7. The van der Waals surface area contributed by atoms with Gasteiger partial charge in [-0.15, -0.1) is 0 Å². The first kappa shape index (κ1) is 15.6. The molecule has 0 aromatic carbocycles. The van der Waals surface area contributed by atoms with Crippen molar-refractivity contribution >= 4 is 6.03 Å². The van der Waals surface area contributed by atoms with Gasteiger partial charge < -0.3 is 20.3 Å². The Morgan fingerprint density at radius 1 is 1.48 bits per heavy atom. The van der Waals surface area contributed by atoms with E-state index in [-0.39, 0.29) is 6.03 Å². The van der Waals surface area contributed by atoms with Crippen molar-refractivity contribution in [1.29, 1.82) is 0 Å². The summed E-state index contributed by atoms with van der Waals surface area (Å²) in [7, 11) is 0. The molecule has 1 aliphatic rings. The molecule has 6 nitrogen and oxygen atoms in total. The van der Waals surface area contributed by atoms with E-state index in [9.17, 15) is 4.79 Å². The summed E-state index contributed by atoms with van der Waals surface area (Å²) in [6.07, 6.45) is 1.09. The molecule has 6 heteroatoms. The van der Waals surface area contributed by atoms with Gasteiger partial charge in [-0.3, -0.25) is 4.98 Å². The van der Waals surface area contributed by atoms with E-state index in [0.717, 1.165) is 43.2 Å². The van der Waals surface area contributed by atoms with E-state index in [1.807, 2.05) is 19.1 Å². The molecule has 1 fully saturated rings. The van der Waals surface area contributed by atoms with Gasteiger partial charge in [-0.25, -0.2) is 4.79 Å². The third-order valence-corrected chi connectivity index (χ3v) is 3.35. The Morgan fingerprint density at radius 2 is 2.33 bits per heavy atom. The van der Waals surface area contributed by atoms with Crippen molar-refractivity contribution in [2.24, 2.45) is 0 Å². The van der Waals surface area contributed by atoms with Gasteiger partial charge in [-0.05, 0) is 32.0 Å². The molecule has 0 bridgehead atoms. The summed E-state index contributed by atoms with van der Waals surface area (Å²) in [5, 5.41) is 6.12. The van der Waals surface area contributed by atoms with Gasteiger partial charge in [0.05, 0.1) is 12.2 Å². The van der Waals surface area contributed by atoms with Crippen LogP contribution in [-0.4, -0.2) is 48.7 Å². The van der Waals surface area contributed by atoms with Gasteiger partial charge in [0, 0.05) is 25.3 Å². The standard InChI is InChI=1S/C15H24N4O2/c1-3-6-16-11-13-14(5-4-12(2)18-13)21-10-9-19-8-7-17-15(19)20/h4-5,16H,3,6-11H2,1-2H3,(H,17,20). The molecule has 0 radical (unpaired) electrons. The summed E-state index contributed by atoms with van der Waals surface area (Å²) < 4.78 is 5.81. The molecule has 1 aliphatic heterocycles. The number of amides is 2. The minimum Gasteiger partial charge on any atom is -0.490 e. The Labute approximate surface area is 125 Å². The highest BCUT2D eigenvalue weighted by atomic mass is 16.5. The number of aryl methyl sites for hydroxylation is 1. The third-order valence-electron chi connectivity index (χ3n) is 3.35. The predicted molar refractivity (Wildman–Crippen MR) is 81.4 cm³/mol. The van der Waals surface area contributed by atoms with Crippen molar-refractivity contribution in [3.8, 4) is 5.75 Å². The second-order valence-electron chi connectivity index (χ2n) is 5.14. The summed E-state index contributed by atoms with van der Waals surface area (Å²) in [6.45, 7) is 8.33. The molecular formula is C15H24N4O2. The van der Waals surface area contributed by atoms with Gasteiger partial charge in [-0.2, -0.15) is 0 Å². The largest absolute Gasteiger partial charge is 0.490 e. The van der Waals surface area contributed by atoms with Crippen LogP contribution < -0.4 is 15.4 Å². The van der Waals surface area contributed by atoms with Crippen LogP contribution in [0, 0.1) is 6.92 Å². The van der Waals surface area contributed by atoms with Gasteiger partial charge in [0.25, 0.3) is 0 Å². The molecule has 21 heavy (non-hydrogen) atoms. The van der Waals surface area contributed by atoms with Crippen LogP contribution >= 0.6 is 0 Å². The van der Waals surface area contributed by atoms with Crippen LogP contribution in [0.5, 0.6) is 5.75 Å². The monoisotopic (exact) mass is 292 g/mol. The summed E-state index contributed by atoms with van der Waals surface area (Å²) >= 11 is 0. The number of ether oxygens (including phenoxy) is 1. The van der Waals surface area contributed by atoms with E-state index < -0.39 is 0 Å². The zero-order valence-electron chi connectivity index (χ0n) is 12.8. The molecule has 1 aromatic rings. The van der Waals surface area contributed by atoms with Gasteiger partial charge in [0.1, 0.15) is 12.4 Å². The van der Waals surface area contributed by atoms with Gasteiger partial charge in [0.2, 0.25) is 0 Å². The highest BCUT2D eigenvalue weighted by molar-refractivity contribution is 5.76. The highest BCUT2D eigenvalue weighted by Gasteiger charge is 2.18. The number of nitrogens with zero attached hydrogens (tertiary/aromatic N) is 2. The molecule has 1 aromatic heterocycles. The Hall–Kier alpha value is -1.82. The smallest absolute Gasteiger partial charge is 0.317 e. The Kier molecular flexibility index (Phi) is 5.80. The molecule has 2 N–H and O–H groups in total. The average molecular weight is 292 g/mol. The lowest BCUT2D eigenvalue weighted by Crippen LogP contribution is -2.32. The fourth-order valence-electron chi connectivity index (χ4n) is 2.23. The van der Waals surface area contributed by atoms with Crippen LogP contribution in [0.2, 0.25) is 0 Å². The van der Waals surface area contributed by atoms with Crippen LogP contribution in [0.4, 0.5) is 4.79 Å². The van der Waals surface area contributed by atoms with E-state index in [1.54, 1.807) is 4.90 Å². The minimum absolute atomic E-state index is 0.00883. The number of carbonyl (C=O) groups excluding carboxylic acids is 1. The highest BCUT2D eigenvalue weighted by Crippen LogP contribution is 2.17. The van der Waals surface area contributed by atoms with E-state index >= 15 is 0 Å². The molecular weight excluding hydrogens is 268 g/mol. The molecule has 0 saturated carbocycles. The van der Waals surface area contributed by atoms with Crippen LogP contribution in [0.15, 0.2) is 12.1 Å². The van der Waals surface area contributed by atoms with Gasteiger partial charge >= 0.3 is 6.03 Å². The number of carbonyl (C=O) groups is 1. The second kappa shape index (κ2) is 7.83. The molecule has 1 saturated heterocycles. The Morgan fingerprint density at radius 3 is 3.05 bits per heavy atom. The Bertz CT molecular complexity index is 479. The van der Waals surface area contributed by atoms with E-state index in [2.05, 4.69) is 22.5 Å². The average Bonchev–Trinajstić information content (AvgIpc) is 2.87. The lowest BCUT2D eigenvalue weighted by Gasteiger charge is -2.16. The van der Waals surface area contributed by atoms with Crippen molar-refractivity contribution in [3.05, 3.63) is 23.5 Å². The SMILES string of the molecule is CCCNCc1nc(C)ccc1OCCN1CCNC1=O. The lowest BCUT2D eigenvalue weighted by molar-refractivity contribution is 0.202. The van der Waals surface area contributed by atoms with E-state index in [4.69, 9.17) is 4.74 Å². The van der Waals surface area contributed by atoms with Gasteiger partial charge in [0.15, 0.2) is 0 Å². The fourth-order valence-corrected chi connectivity index (χ4v) is 2.23. The van der Waals surface area contributed by atoms with Crippen LogP contribution in [0.3, 0.4) is 0 Å². The van der Waals surface area contributed by atoms with Crippen molar-refractivity contribution in [1.82, 2.24) is 20.5 Å². The summed E-state index contributed by atoms with van der Waals surface area (Å²) in [6, 6.07) is 3.89. The van der Waals surface area contributed by atoms with Gasteiger partial charge in [-0.1, -0.05) is 6.92 Å². The van der Waals surface area contributed by atoms with E-state index in [0.29, 0.717) is 19.7 Å². The van der Waals surface area contributed by atoms with Crippen molar-refractivity contribution in [2.45, 2.75) is 26.8 Å². The third kappa shape index (κ3) is 4.60. The molecule has 116 valence electrons. The normalized spacial score (nSPS) is 14.4. The number of aromatic nitrogens is 1. The molecule has 0 spiro atoms. The second-order valence-corrected chi connectivity index (χ2v) is 5.14. The zero-order valence-corrected chi connectivity index (χ0v) is 12.8. The number of rotatable bonds is 8. The molecule has 0 unspecified atom stereocenters. The molecule has 2 amide bonds. The zero-order chi connectivity index (χ0) is 15.1. The topological polar surface area (TPSA) is 66.5 Å². The first-order chi connectivity index (χ1) is 10.2. The number of hydrogen-bond acceptors (Lipinski definition) is 4. The molecule has 0 aliphatic carbocycles. The maximum atomic E-state index is 11.4. The molecule has 2 rings (SSSR count). The van der Waals surface area contributed by atoms with Crippen molar-refractivity contribution in [2.75, 3.05) is 32.8 Å². The van der Waals surface area contributed by atoms with Crippen LogP contribution in [0.25, 0.3) is 0 Å². The first-order valence-electron chi connectivity index (χ1n) is 7.53. The van der Waals surface area contributed by atoms with Crippen molar-refractivity contribution < 1.29 is 9.53 Å². The fraction of sp³-hybridized carbons (Fsp3) is 0.600. The number of hydrogen-bond donors (Lipinski definition) is 2. The molecule has 2 heterocycles. The number of nitrogens with one attached hydrogen (secondary N) is 2. The minimum atomic E-state index is -0.00883. The maximum absolute atomic E-state index is 11.4. The predicted octanol–water partition coefficient (Wildman–Crippen LogP) is 1.29. The quantitative estimate of drug-likeness (QED) is 0.709. The maximum Gasteiger partial charge on any atom is 0.317 e. The van der Waals surface area contributed by atoms with E-state index in [1.165, 1.54) is 0 Å². The lowest BCUT2D eigenvalue weighted by atomic mass is 10.2. The van der Waals surface area contributed by atoms with Crippen molar-refractivity contribution in [3.63, 3.8) is 0 Å². The Balaban J connectivity index is 1.87. The van der Waals surface area contributed by atoms with Crippen LogP contribution in [-0.2, 0) is 6.54 Å². The number of pyridine rings is 1. The summed E-state index contributed by atoms with van der Waals surface area (Å²) in [5.41, 5.74) is 1.91.